The number of aliphatic hydroxyl groups excluding tert-OH is 1. The molecule has 0 aliphatic rings. The quantitative estimate of drug-likeness (QED) is 0.510. The summed E-state index contributed by atoms with van der Waals surface area (Å²) in [5.41, 5.74) is 1.97. The highest BCUT2D eigenvalue weighted by Crippen LogP contribution is 2.22. The van der Waals surface area contributed by atoms with Crippen LogP contribution in [0.5, 0.6) is 0 Å². The zero-order valence-corrected chi connectivity index (χ0v) is 15.6. The lowest BCUT2D eigenvalue weighted by Gasteiger charge is -2.24. The lowest BCUT2D eigenvalue weighted by Crippen LogP contribution is -2.34. The monoisotopic (exact) mass is 388 g/mol. The van der Waals surface area contributed by atoms with Crippen LogP contribution in [0.25, 0.3) is 11.3 Å². The van der Waals surface area contributed by atoms with E-state index >= 15 is 0 Å². The van der Waals surface area contributed by atoms with Crippen LogP contribution < -0.4 is 0 Å². The second kappa shape index (κ2) is 8.58. The number of nitrogens with zero attached hydrogens (tertiary/aromatic N) is 2. The Kier molecular flexibility index (Phi) is 5.54. The van der Waals surface area contributed by atoms with Gasteiger partial charge in [0, 0.05) is 18.2 Å². The van der Waals surface area contributed by atoms with Crippen LogP contribution in [0.15, 0.2) is 94.1 Å². The Balaban J connectivity index is 1.58. The van der Waals surface area contributed by atoms with E-state index < -0.39 is 6.10 Å². The summed E-state index contributed by atoms with van der Waals surface area (Å²) < 4.78 is 10.6. The van der Waals surface area contributed by atoms with Gasteiger partial charge in [-0.1, -0.05) is 65.8 Å². The molecule has 2 heterocycles. The number of amides is 1. The molecule has 0 bridgehead atoms. The normalized spacial score (nSPS) is 11.9. The fourth-order valence-electron chi connectivity index (χ4n) is 3.08. The van der Waals surface area contributed by atoms with Crippen LogP contribution in [0.3, 0.4) is 0 Å². The SMILES string of the molecule is O=C(c1cc(-c2ccccc2)on1)N(Cc1ccccc1)C[C@@H](O)c1ccco1. The van der Waals surface area contributed by atoms with Gasteiger partial charge in [0.15, 0.2) is 11.5 Å². The Morgan fingerprint density at radius 3 is 2.41 bits per heavy atom. The Bertz CT molecular complexity index is 1040. The van der Waals surface area contributed by atoms with Gasteiger partial charge >= 0.3 is 0 Å². The summed E-state index contributed by atoms with van der Waals surface area (Å²) in [6.45, 7) is 0.389. The molecular formula is C23H20N2O4. The minimum atomic E-state index is -0.946. The first kappa shape index (κ1) is 18.7. The molecule has 6 heteroatoms. The van der Waals surface area contributed by atoms with Gasteiger partial charge in [-0.05, 0) is 17.7 Å². The first-order valence-electron chi connectivity index (χ1n) is 9.27. The number of aliphatic hydroxyl groups is 1. The largest absolute Gasteiger partial charge is 0.467 e. The standard InChI is InChI=1S/C23H20N2O4/c26-20(21-12-7-13-28-21)16-25(15-17-8-3-1-4-9-17)23(27)19-14-22(29-24-19)18-10-5-2-6-11-18/h1-14,20,26H,15-16H2/t20-/m1/s1. The molecule has 4 aromatic rings. The molecule has 0 unspecified atom stereocenters. The number of carbonyl (C=O) groups is 1. The van der Waals surface area contributed by atoms with E-state index in [1.807, 2.05) is 60.7 Å². The lowest BCUT2D eigenvalue weighted by atomic mass is 10.1. The van der Waals surface area contributed by atoms with Crippen molar-refractivity contribution in [1.82, 2.24) is 10.1 Å². The number of hydrogen-bond acceptors (Lipinski definition) is 5. The van der Waals surface area contributed by atoms with Gasteiger partial charge in [-0.3, -0.25) is 4.79 Å². The first-order chi connectivity index (χ1) is 14.2. The number of aromatic nitrogens is 1. The van der Waals surface area contributed by atoms with Crippen molar-refractivity contribution < 1.29 is 18.8 Å². The highest BCUT2D eigenvalue weighted by atomic mass is 16.5. The highest BCUT2D eigenvalue weighted by Gasteiger charge is 2.24. The second-order valence-electron chi connectivity index (χ2n) is 6.64. The van der Waals surface area contributed by atoms with E-state index in [9.17, 15) is 9.90 Å². The number of hydrogen-bond donors (Lipinski definition) is 1. The summed E-state index contributed by atoms with van der Waals surface area (Å²) in [5, 5.41) is 14.5. The molecule has 0 spiro atoms. The molecule has 1 N–H and O–H groups in total. The third-order valence-corrected chi connectivity index (χ3v) is 4.56. The van der Waals surface area contributed by atoms with Crippen molar-refractivity contribution in [2.24, 2.45) is 0 Å². The van der Waals surface area contributed by atoms with Gasteiger partial charge in [0.2, 0.25) is 0 Å². The van der Waals surface area contributed by atoms with Crippen molar-refractivity contribution in [3.05, 3.63) is 102 Å². The van der Waals surface area contributed by atoms with Crippen molar-refractivity contribution in [2.45, 2.75) is 12.6 Å². The third-order valence-electron chi connectivity index (χ3n) is 4.56. The van der Waals surface area contributed by atoms with E-state index in [0.29, 0.717) is 18.1 Å². The van der Waals surface area contributed by atoms with Gasteiger partial charge in [-0.15, -0.1) is 0 Å². The molecule has 0 fully saturated rings. The van der Waals surface area contributed by atoms with Gasteiger partial charge < -0.3 is 18.9 Å². The zero-order chi connectivity index (χ0) is 20.1. The summed E-state index contributed by atoms with van der Waals surface area (Å²) in [6, 6.07) is 24.0. The summed E-state index contributed by atoms with van der Waals surface area (Å²) in [7, 11) is 0. The molecule has 0 aliphatic heterocycles. The maximum Gasteiger partial charge on any atom is 0.276 e. The van der Waals surface area contributed by atoms with Crippen LogP contribution in [0.2, 0.25) is 0 Å². The molecule has 1 amide bonds. The Hall–Kier alpha value is -3.64. The first-order valence-corrected chi connectivity index (χ1v) is 9.27. The van der Waals surface area contributed by atoms with Gasteiger partial charge in [0.25, 0.3) is 5.91 Å². The minimum Gasteiger partial charge on any atom is -0.467 e. The van der Waals surface area contributed by atoms with E-state index in [1.165, 1.54) is 11.2 Å². The van der Waals surface area contributed by atoms with E-state index in [1.54, 1.807) is 18.2 Å². The van der Waals surface area contributed by atoms with Crippen LogP contribution >= 0.6 is 0 Å². The van der Waals surface area contributed by atoms with Crippen LogP contribution in [0.1, 0.15) is 27.9 Å². The molecule has 0 saturated carbocycles. The average molecular weight is 388 g/mol. The molecular weight excluding hydrogens is 368 g/mol. The number of benzene rings is 2. The fourth-order valence-corrected chi connectivity index (χ4v) is 3.08. The van der Waals surface area contributed by atoms with Crippen molar-refractivity contribution in [3.8, 4) is 11.3 Å². The smallest absolute Gasteiger partial charge is 0.276 e. The lowest BCUT2D eigenvalue weighted by molar-refractivity contribution is 0.0554. The van der Waals surface area contributed by atoms with Gasteiger partial charge in [-0.2, -0.15) is 0 Å². The molecule has 0 saturated heterocycles. The number of rotatable bonds is 7. The Morgan fingerprint density at radius 1 is 1.00 bits per heavy atom. The maximum absolute atomic E-state index is 13.2. The van der Waals surface area contributed by atoms with Crippen molar-refractivity contribution in [3.63, 3.8) is 0 Å². The van der Waals surface area contributed by atoms with Gasteiger partial charge in [-0.25, -0.2) is 0 Å². The summed E-state index contributed by atoms with van der Waals surface area (Å²) >= 11 is 0. The van der Waals surface area contributed by atoms with Crippen molar-refractivity contribution in [2.75, 3.05) is 6.54 Å². The van der Waals surface area contributed by atoms with E-state index in [0.717, 1.165) is 11.1 Å². The van der Waals surface area contributed by atoms with E-state index in [-0.39, 0.29) is 18.1 Å². The molecule has 2 aromatic carbocycles. The third kappa shape index (κ3) is 4.44. The Labute approximate surface area is 168 Å². The molecule has 0 radical (unpaired) electrons. The van der Waals surface area contributed by atoms with Gasteiger partial charge in [0.1, 0.15) is 11.9 Å². The summed E-state index contributed by atoms with van der Waals surface area (Å²) in [6.07, 6.45) is 0.546. The van der Waals surface area contributed by atoms with Crippen LogP contribution in [0.4, 0.5) is 0 Å². The predicted molar refractivity (Wildman–Crippen MR) is 107 cm³/mol. The maximum atomic E-state index is 13.2. The van der Waals surface area contributed by atoms with E-state index in [4.69, 9.17) is 8.94 Å². The van der Waals surface area contributed by atoms with Gasteiger partial charge in [0.05, 0.1) is 12.8 Å². The van der Waals surface area contributed by atoms with Crippen LogP contribution in [0, 0.1) is 0 Å². The second-order valence-corrected chi connectivity index (χ2v) is 6.64. The summed E-state index contributed by atoms with van der Waals surface area (Å²) in [5.74, 6) is 0.589. The minimum absolute atomic E-state index is 0.0643. The topological polar surface area (TPSA) is 79.7 Å². The molecule has 4 rings (SSSR count). The molecule has 146 valence electrons. The Morgan fingerprint density at radius 2 is 1.72 bits per heavy atom. The van der Waals surface area contributed by atoms with Crippen molar-refractivity contribution in [1.29, 1.82) is 0 Å². The fraction of sp³-hybridized carbons (Fsp3) is 0.130. The molecule has 29 heavy (non-hydrogen) atoms. The average Bonchev–Trinajstić information content (AvgIpc) is 3.46. The molecule has 0 aliphatic carbocycles. The molecule has 6 nitrogen and oxygen atoms in total. The molecule has 1 atom stereocenters. The number of furan rings is 1. The predicted octanol–water partition coefficient (Wildman–Crippen LogP) is 4.31. The summed E-state index contributed by atoms with van der Waals surface area (Å²) in [4.78, 5) is 14.7. The molecule has 2 aromatic heterocycles. The van der Waals surface area contributed by atoms with E-state index in [2.05, 4.69) is 5.16 Å². The van der Waals surface area contributed by atoms with Crippen molar-refractivity contribution >= 4 is 5.91 Å². The van der Waals surface area contributed by atoms with Crippen LogP contribution in [-0.4, -0.2) is 27.6 Å². The van der Waals surface area contributed by atoms with Crippen LogP contribution in [-0.2, 0) is 6.54 Å². The number of carbonyl (C=O) groups excluding carboxylic acids is 1. The highest BCUT2D eigenvalue weighted by molar-refractivity contribution is 5.93. The zero-order valence-electron chi connectivity index (χ0n) is 15.6.